The van der Waals surface area contributed by atoms with Crippen LogP contribution in [0.4, 0.5) is 0 Å². The van der Waals surface area contributed by atoms with Gasteiger partial charge in [0.15, 0.2) is 0 Å². The minimum Gasteiger partial charge on any atom is -0.508 e. The molecular weight excluding hydrogens is 224 g/mol. The van der Waals surface area contributed by atoms with Crippen molar-refractivity contribution in [3.05, 3.63) is 59.7 Å². The molecule has 0 spiro atoms. The molecular formula is C16H14O2. The van der Waals surface area contributed by atoms with Crippen LogP contribution in [-0.2, 0) is 12.8 Å². The van der Waals surface area contributed by atoms with Gasteiger partial charge in [-0.3, -0.25) is 0 Å². The van der Waals surface area contributed by atoms with E-state index < -0.39 is 0 Å². The molecule has 0 radical (unpaired) electrons. The number of hydrogen-bond donors (Lipinski definition) is 2. The summed E-state index contributed by atoms with van der Waals surface area (Å²) >= 11 is 0. The Kier molecular flexibility index (Phi) is 3.88. The Hall–Kier alpha value is -2.40. The molecule has 0 bridgehead atoms. The van der Waals surface area contributed by atoms with E-state index in [0.29, 0.717) is 12.8 Å². The quantitative estimate of drug-likeness (QED) is 0.790. The summed E-state index contributed by atoms with van der Waals surface area (Å²) in [6, 6.07) is 14.2. The lowest BCUT2D eigenvalue weighted by molar-refractivity contribution is 0.474. The van der Waals surface area contributed by atoms with E-state index in [1.165, 1.54) is 0 Å². The van der Waals surface area contributed by atoms with Crippen LogP contribution in [0.2, 0.25) is 0 Å². The highest BCUT2D eigenvalue weighted by Crippen LogP contribution is 2.12. The number of phenolic OH excluding ortho intramolecular Hbond substituents is 2. The summed E-state index contributed by atoms with van der Waals surface area (Å²) in [6.45, 7) is 0. The Morgan fingerprint density at radius 3 is 1.56 bits per heavy atom. The van der Waals surface area contributed by atoms with E-state index >= 15 is 0 Å². The summed E-state index contributed by atoms with van der Waals surface area (Å²) in [5.74, 6) is 6.64. The Labute approximate surface area is 107 Å². The van der Waals surface area contributed by atoms with Gasteiger partial charge in [0.05, 0.1) is 0 Å². The Morgan fingerprint density at radius 2 is 1.17 bits per heavy atom. The maximum absolute atomic E-state index is 9.30. The van der Waals surface area contributed by atoms with Crippen molar-refractivity contribution in [2.45, 2.75) is 12.8 Å². The van der Waals surface area contributed by atoms with E-state index in [9.17, 15) is 10.2 Å². The van der Waals surface area contributed by atoms with E-state index in [-0.39, 0.29) is 11.5 Å². The first kappa shape index (κ1) is 12.1. The van der Waals surface area contributed by atoms with Crippen molar-refractivity contribution in [1.82, 2.24) is 0 Å². The predicted octanol–water partition coefficient (Wildman–Crippen LogP) is 2.89. The molecule has 0 fully saturated rings. The zero-order valence-electron chi connectivity index (χ0n) is 9.93. The zero-order chi connectivity index (χ0) is 12.8. The molecule has 0 aliphatic heterocycles. The molecule has 0 aromatic heterocycles. The van der Waals surface area contributed by atoms with Gasteiger partial charge >= 0.3 is 0 Å². The Bertz CT molecular complexity index is 540. The van der Waals surface area contributed by atoms with Gasteiger partial charge in [-0.2, -0.15) is 0 Å². The maximum Gasteiger partial charge on any atom is 0.115 e. The number of aromatic hydroxyl groups is 2. The number of hydrogen-bond acceptors (Lipinski definition) is 2. The number of benzene rings is 2. The second-order valence-electron chi connectivity index (χ2n) is 4.05. The highest BCUT2D eigenvalue weighted by molar-refractivity contribution is 5.32. The highest BCUT2D eigenvalue weighted by Gasteiger charge is 1.92. The van der Waals surface area contributed by atoms with Crippen molar-refractivity contribution in [3.8, 4) is 23.3 Å². The van der Waals surface area contributed by atoms with Crippen molar-refractivity contribution < 1.29 is 10.2 Å². The molecule has 2 aromatic rings. The number of phenols is 2. The third-order valence-electron chi connectivity index (χ3n) is 2.53. The molecule has 2 aromatic carbocycles. The summed E-state index contributed by atoms with van der Waals surface area (Å²) in [5.41, 5.74) is 2.00. The van der Waals surface area contributed by atoms with Crippen LogP contribution in [0.25, 0.3) is 0 Å². The van der Waals surface area contributed by atoms with Gasteiger partial charge in [-0.1, -0.05) is 36.1 Å². The normalized spacial score (nSPS) is 9.56. The van der Waals surface area contributed by atoms with Crippen molar-refractivity contribution >= 4 is 0 Å². The van der Waals surface area contributed by atoms with Crippen LogP contribution in [0.3, 0.4) is 0 Å². The highest BCUT2D eigenvalue weighted by atomic mass is 16.3. The summed E-state index contributed by atoms with van der Waals surface area (Å²) in [5, 5.41) is 18.6. The minimum atomic E-state index is 0.266. The van der Waals surface area contributed by atoms with Gasteiger partial charge in [-0.15, -0.1) is 0 Å². The molecule has 0 heterocycles. The first-order valence-electron chi connectivity index (χ1n) is 5.75. The van der Waals surface area contributed by atoms with Crippen molar-refractivity contribution in [2.75, 3.05) is 0 Å². The van der Waals surface area contributed by atoms with Crippen molar-refractivity contribution in [1.29, 1.82) is 0 Å². The maximum atomic E-state index is 9.30. The molecule has 2 rings (SSSR count). The predicted molar refractivity (Wildman–Crippen MR) is 71.4 cm³/mol. The third kappa shape index (κ3) is 3.57. The lowest BCUT2D eigenvalue weighted by Crippen LogP contribution is -1.83. The monoisotopic (exact) mass is 238 g/mol. The van der Waals surface area contributed by atoms with Crippen LogP contribution < -0.4 is 0 Å². The third-order valence-corrected chi connectivity index (χ3v) is 2.53. The molecule has 0 aliphatic carbocycles. The SMILES string of the molecule is Oc1cccc(CC#CCc2cccc(O)c2)c1. The van der Waals surface area contributed by atoms with Crippen molar-refractivity contribution in [2.24, 2.45) is 0 Å². The molecule has 0 amide bonds. The summed E-state index contributed by atoms with van der Waals surface area (Å²) < 4.78 is 0. The van der Waals surface area contributed by atoms with Crippen LogP contribution in [0.1, 0.15) is 11.1 Å². The zero-order valence-corrected chi connectivity index (χ0v) is 9.93. The standard InChI is InChI=1S/C16H14O2/c17-15-9-3-7-13(11-15)5-1-2-6-14-8-4-10-16(18)12-14/h3-4,7-12,17-18H,5-6H2. The van der Waals surface area contributed by atoms with Crippen LogP contribution in [-0.4, -0.2) is 10.2 Å². The smallest absolute Gasteiger partial charge is 0.115 e. The fourth-order valence-corrected chi connectivity index (χ4v) is 1.66. The molecule has 0 atom stereocenters. The van der Waals surface area contributed by atoms with Crippen molar-refractivity contribution in [3.63, 3.8) is 0 Å². The van der Waals surface area contributed by atoms with Gasteiger partial charge in [0, 0.05) is 12.8 Å². The lowest BCUT2D eigenvalue weighted by Gasteiger charge is -1.96. The molecule has 0 unspecified atom stereocenters. The summed E-state index contributed by atoms with van der Waals surface area (Å²) in [6.07, 6.45) is 1.24. The Balaban J connectivity index is 1.94. The average molecular weight is 238 g/mol. The molecule has 0 saturated heterocycles. The van der Waals surface area contributed by atoms with Gasteiger partial charge in [-0.25, -0.2) is 0 Å². The number of rotatable bonds is 2. The van der Waals surface area contributed by atoms with Crippen LogP contribution in [0.15, 0.2) is 48.5 Å². The van der Waals surface area contributed by atoms with Crippen LogP contribution >= 0.6 is 0 Å². The summed E-state index contributed by atoms with van der Waals surface area (Å²) in [4.78, 5) is 0. The van der Waals surface area contributed by atoms with Gasteiger partial charge in [-0.05, 0) is 35.4 Å². The second-order valence-corrected chi connectivity index (χ2v) is 4.05. The molecule has 0 saturated carbocycles. The Morgan fingerprint density at radius 1 is 0.722 bits per heavy atom. The minimum absolute atomic E-state index is 0.266. The topological polar surface area (TPSA) is 40.5 Å². The molecule has 2 N–H and O–H groups in total. The van der Waals surface area contributed by atoms with Gasteiger partial charge in [0.2, 0.25) is 0 Å². The van der Waals surface area contributed by atoms with Gasteiger partial charge in [0.25, 0.3) is 0 Å². The van der Waals surface area contributed by atoms with E-state index in [1.807, 2.05) is 24.3 Å². The van der Waals surface area contributed by atoms with Gasteiger partial charge < -0.3 is 10.2 Å². The molecule has 2 nitrogen and oxygen atoms in total. The lowest BCUT2D eigenvalue weighted by atomic mass is 10.1. The molecule has 18 heavy (non-hydrogen) atoms. The van der Waals surface area contributed by atoms with Crippen LogP contribution in [0.5, 0.6) is 11.5 Å². The van der Waals surface area contributed by atoms with E-state index in [4.69, 9.17) is 0 Å². The van der Waals surface area contributed by atoms with Crippen LogP contribution in [0, 0.1) is 11.8 Å². The summed E-state index contributed by atoms with van der Waals surface area (Å²) in [7, 11) is 0. The molecule has 90 valence electrons. The average Bonchev–Trinajstić information content (AvgIpc) is 2.35. The molecule has 2 heteroatoms. The largest absolute Gasteiger partial charge is 0.508 e. The first-order valence-corrected chi connectivity index (χ1v) is 5.75. The molecule has 0 aliphatic rings. The van der Waals surface area contributed by atoms with Gasteiger partial charge in [0.1, 0.15) is 11.5 Å². The first-order chi connectivity index (χ1) is 8.74. The fourth-order valence-electron chi connectivity index (χ4n) is 1.66. The van der Waals surface area contributed by atoms with E-state index in [1.54, 1.807) is 24.3 Å². The van der Waals surface area contributed by atoms with E-state index in [0.717, 1.165) is 11.1 Å². The fraction of sp³-hybridized carbons (Fsp3) is 0.125. The second kappa shape index (κ2) is 5.79. The van der Waals surface area contributed by atoms with E-state index in [2.05, 4.69) is 11.8 Å².